The SMILES string of the molecule is O=C(N(Cc1nc2sc3c(c2c(=O)[nH]1)CCCC3)C1CCCC1)C12CC3CC(CC(C3)C1)C2. The number of thiophene rings is 1. The van der Waals surface area contributed by atoms with Crippen LogP contribution in [0.2, 0.25) is 0 Å². The molecule has 0 saturated heterocycles. The van der Waals surface area contributed by atoms with Crippen molar-refractivity contribution >= 4 is 27.5 Å². The van der Waals surface area contributed by atoms with Gasteiger partial charge in [-0.15, -0.1) is 11.3 Å². The van der Waals surface area contributed by atoms with E-state index in [1.807, 2.05) is 0 Å². The predicted octanol–water partition coefficient (Wildman–Crippen LogP) is 5.35. The van der Waals surface area contributed by atoms with E-state index in [1.54, 1.807) is 11.3 Å². The van der Waals surface area contributed by atoms with Crippen LogP contribution in [0.4, 0.5) is 0 Å². The lowest BCUT2D eigenvalue weighted by atomic mass is 9.49. The molecule has 5 saturated carbocycles. The fraction of sp³-hybridized carbons (Fsp3) is 0.741. The van der Waals surface area contributed by atoms with Crippen LogP contribution in [0.3, 0.4) is 0 Å². The molecule has 0 radical (unpaired) electrons. The van der Waals surface area contributed by atoms with Crippen LogP contribution in [0.25, 0.3) is 10.2 Å². The van der Waals surface area contributed by atoms with Crippen molar-refractivity contribution < 1.29 is 4.79 Å². The number of aromatic nitrogens is 2. The van der Waals surface area contributed by atoms with Crippen molar-refractivity contribution in [1.29, 1.82) is 0 Å². The summed E-state index contributed by atoms with van der Waals surface area (Å²) in [4.78, 5) is 39.9. The van der Waals surface area contributed by atoms with Crippen molar-refractivity contribution in [2.45, 2.75) is 102 Å². The Morgan fingerprint density at radius 2 is 1.67 bits per heavy atom. The molecule has 6 aliphatic rings. The molecule has 5 fully saturated rings. The number of nitrogens with one attached hydrogen (secondary N) is 1. The number of amides is 1. The van der Waals surface area contributed by atoms with Crippen LogP contribution < -0.4 is 5.56 Å². The minimum Gasteiger partial charge on any atom is -0.332 e. The number of aryl methyl sites for hydroxylation is 2. The second-order valence-corrected chi connectivity index (χ2v) is 13.1. The Bertz CT molecular complexity index is 1120. The van der Waals surface area contributed by atoms with E-state index in [2.05, 4.69) is 9.88 Å². The molecule has 6 heteroatoms. The molecule has 1 N–H and O–H groups in total. The van der Waals surface area contributed by atoms with E-state index in [9.17, 15) is 9.59 Å². The number of rotatable bonds is 4. The Morgan fingerprint density at radius 3 is 2.36 bits per heavy atom. The van der Waals surface area contributed by atoms with E-state index in [0.29, 0.717) is 24.3 Å². The van der Waals surface area contributed by atoms with E-state index < -0.39 is 0 Å². The van der Waals surface area contributed by atoms with Gasteiger partial charge >= 0.3 is 0 Å². The van der Waals surface area contributed by atoms with Gasteiger partial charge < -0.3 is 9.88 Å². The summed E-state index contributed by atoms with van der Waals surface area (Å²) in [5.41, 5.74) is 1.10. The fourth-order valence-electron chi connectivity index (χ4n) is 8.70. The van der Waals surface area contributed by atoms with Crippen LogP contribution in [0.15, 0.2) is 4.79 Å². The standard InChI is InChI=1S/C27H35N3O2S/c31-24-23-20-7-3-4-8-21(20)33-25(23)29-22(28-24)15-30(19-5-1-2-6-19)26(32)27-12-16-9-17(13-27)11-18(10-16)14-27/h16-19H,1-15H2,(H,28,29,31). The highest BCUT2D eigenvalue weighted by Gasteiger charge is 2.56. The number of H-pyrrole nitrogens is 1. The molecule has 33 heavy (non-hydrogen) atoms. The highest BCUT2D eigenvalue weighted by atomic mass is 32.1. The maximum Gasteiger partial charge on any atom is 0.259 e. The second kappa shape index (κ2) is 7.66. The van der Waals surface area contributed by atoms with Gasteiger partial charge in [0, 0.05) is 10.9 Å². The first kappa shape index (κ1) is 20.7. The third-order valence-electron chi connectivity index (χ3n) is 9.71. The predicted molar refractivity (Wildman–Crippen MR) is 130 cm³/mol. The molecule has 8 rings (SSSR count). The van der Waals surface area contributed by atoms with Crippen LogP contribution in [0, 0.1) is 23.2 Å². The Morgan fingerprint density at radius 1 is 1.00 bits per heavy atom. The lowest BCUT2D eigenvalue weighted by molar-refractivity contribution is -0.161. The summed E-state index contributed by atoms with van der Waals surface area (Å²) in [5, 5.41) is 0.818. The van der Waals surface area contributed by atoms with Crippen molar-refractivity contribution in [2.24, 2.45) is 23.2 Å². The molecule has 0 atom stereocenters. The quantitative estimate of drug-likeness (QED) is 0.662. The van der Waals surface area contributed by atoms with E-state index in [-0.39, 0.29) is 11.0 Å². The largest absolute Gasteiger partial charge is 0.332 e. The van der Waals surface area contributed by atoms with E-state index in [4.69, 9.17) is 4.98 Å². The smallest absolute Gasteiger partial charge is 0.259 e. The zero-order valence-corrected chi connectivity index (χ0v) is 20.4. The van der Waals surface area contributed by atoms with Gasteiger partial charge in [0.25, 0.3) is 5.56 Å². The lowest BCUT2D eigenvalue weighted by Gasteiger charge is -2.57. The van der Waals surface area contributed by atoms with E-state index in [1.165, 1.54) is 49.0 Å². The van der Waals surface area contributed by atoms with Gasteiger partial charge in [-0.1, -0.05) is 12.8 Å². The molecular formula is C27H35N3O2S. The topological polar surface area (TPSA) is 66.1 Å². The van der Waals surface area contributed by atoms with Gasteiger partial charge in [-0.25, -0.2) is 4.98 Å². The maximum atomic E-state index is 14.3. The van der Waals surface area contributed by atoms with Crippen LogP contribution >= 0.6 is 11.3 Å². The molecule has 2 aromatic heterocycles. The molecule has 0 spiro atoms. The molecule has 0 aromatic carbocycles. The average molecular weight is 466 g/mol. The first-order chi connectivity index (χ1) is 16.1. The summed E-state index contributed by atoms with van der Waals surface area (Å²) in [5.74, 6) is 3.37. The van der Waals surface area contributed by atoms with Crippen LogP contribution in [0.5, 0.6) is 0 Å². The van der Waals surface area contributed by atoms with Crippen molar-refractivity contribution in [3.63, 3.8) is 0 Å². The zero-order valence-electron chi connectivity index (χ0n) is 19.5. The Kier molecular flexibility index (Phi) is 4.80. The number of aromatic amines is 1. The van der Waals surface area contributed by atoms with Gasteiger partial charge in [0.2, 0.25) is 5.91 Å². The van der Waals surface area contributed by atoms with Crippen molar-refractivity contribution in [3.05, 3.63) is 26.6 Å². The molecule has 176 valence electrons. The molecule has 2 heterocycles. The summed E-state index contributed by atoms with van der Waals surface area (Å²) in [6, 6.07) is 0.308. The minimum absolute atomic E-state index is 0.00280. The molecule has 0 aliphatic heterocycles. The van der Waals surface area contributed by atoms with Gasteiger partial charge in [0.15, 0.2) is 0 Å². The normalized spacial score (nSPS) is 33.0. The summed E-state index contributed by atoms with van der Waals surface area (Å²) in [6.45, 7) is 0.471. The highest BCUT2D eigenvalue weighted by Crippen LogP contribution is 2.60. The highest BCUT2D eigenvalue weighted by molar-refractivity contribution is 7.18. The van der Waals surface area contributed by atoms with Gasteiger partial charge in [0.05, 0.1) is 17.3 Å². The Balaban J connectivity index is 1.23. The maximum absolute atomic E-state index is 14.3. The first-order valence-corrected chi connectivity index (χ1v) is 14.2. The van der Waals surface area contributed by atoms with Gasteiger partial charge in [-0.2, -0.15) is 0 Å². The van der Waals surface area contributed by atoms with E-state index in [0.717, 1.165) is 79.3 Å². The number of carbonyl (C=O) groups is 1. The van der Waals surface area contributed by atoms with Gasteiger partial charge in [-0.3, -0.25) is 9.59 Å². The summed E-state index contributed by atoms with van der Waals surface area (Å²) in [6.07, 6.45) is 16.4. The third kappa shape index (κ3) is 3.34. The zero-order chi connectivity index (χ0) is 22.2. The minimum atomic E-state index is -0.135. The van der Waals surface area contributed by atoms with Gasteiger partial charge in [0.1, 0.15) is 10.7 Å². The number of hydrogen-bond acceptors (Lipinski definition) is 4. The molecule has 4 bridgehead atoms. The monoisotopic (exact) mass is 465 g/mol. The third-order valence-corrected chi connectivity index (χ3v) is 10.9. The van der Waals surface area contributed by atoms with Gasteiger partial charge in [-0.05, 0) is 100 Å². The molecular weight excluding hydrogens is 430 g/mol. The van der Waals surface area contributed by atoms with E-state index >= 15 is 0 Å². The van der Waals surface area contributed by atoms with Crippen LogP contribution in [0.1, 0.15) is 93.3 Å². The number of fused-ring (bicyclic) bond motifs is 3. The van der Waals surface area contributed by atoms with Crippen LogP contribution in [-0.4, -0.2) is 26.8 Å². The number of nitrogens with zero attached hydrogens (tertiary/aromatic N) is 2. The summed E-state index contributed by atoms with van der Waals surface area (Å²) >= 11 is 1.71. The Hall–Kier alpha value is -1.69. The second-order valence-electron chi connectivity index (χ2n) is 12.0. The molecule has 6 aliphatic carbocycles. The molecule has 5 nitrogen and oxygen atoms in total. The van der Waals surface area contributed by atoms with Crippen molar-refractivity contribution in [2.75, 3.05) is 0 Å². The fourth-order valence-corrected chi connectivity index (χ4v) is 9.99. The lowest BCUT2D eigenvalue weighted by Crippen LogP contribution is -2.56. The van der Waals surface area contributed by atoms with Crippen molar-refractivity contribution in [1.82, 2.24) is 14.9 Å². The average Bonchev–Trinajstić information content (AvgIpc) is 3.44. The summed E-state index contributed by atoms with van der Waals surface area (Å²) in [7, 11) is 0. The molecule has 1 amide bonds. The Labute approximate surface area is 199 Å². The number of hydrogen-bond donors (Lipinski definition) is 1. The summed E-state index contributed by atoms with van der Waals surface area (Å²) < 4.78 is 0. The van der Waals surface area contributed by atoms with Crippen LogP contribution in [-0.2, 0) is 24.2 Å². The number of carbonyl (C=O) groups excluding carboxylic acids is 1. The molecule has 0 unspecified atom stereocenters. The molecule has 2 aromatic rings. The van der Waals surface area contributed by atoms with Crippen molar-refractivity contribution in [3.8, 4) is 0 Å². The first-order valence-electron chi connectivity index (χ1n) is 13.4.